The van der Waals surface area contributed by atoms with Crippen molar-refractivity contribution in [1.82, 2.24) is 14.9 Å². The van der Waals surface area contributed by atoms with Gasteiger partial charge in [-0.3, -0.25) is 4.90 Å². The third kappa shape index (κ3) is 4.28. The molecule has 21 heavy (non-hydrogen) atoms. The molecule has 0 aliphatic carbocycles. The lowest BCUT2D eigenvalue weighted by atomic mass is 10.1. The van der Waals surface area contributed by atoms with E-state index in [9.17, 15) is 0 Å². The summed E-state index contributed by atoms with van der Waals surface area (Å²) in [5.41, 5.74) is 0. The maximum absolute atomic E-state index is 5.81. The van der Waals surface area contributed by atoms with Gasteiger partial charge in [-0.1, -0.05) is 0 Å². The topological polar surface area (TPSA) is 51.4 Å². The van der Waals surface area contributed by atoms with Crippen molar-refractivity contribution in [1.29, 1.82) is 0 Å². The Kier molecular flexibility index (Phi) is 4.92. The monoisotopic (exact) mass is 415 g/mol. The predicted octanol–water partition coefficient (Wildman–Crippen LogP) is 3.64. The van der Waals surface area contributed by atoms with Gasteiger partial charge in [0, 0.05) is 25.5 Å². The maximum Gasteiger partial charge on any atom is 0.316 e. The van der Waals surface area contributed by atoms with Gasteiger partial charge in [-0.25, -0.2) is 9.97 Å². The summed E-state index contributed by atoms with van der Waals surface area (Å²) in [7, 11) is 0. The largest absolute Gasteiger partial charge is 0.460 e. The van der Waals surface area contributed by atoms with Crippen molar-refractivity contribution in [3.63, 3.8) is 0 Å². The molecule has 0 aromatic carbocycles. The number of aromatic nitrogens is 2. The van der Waals surface area contributed by atoms with Crippen molar-refractivity contribution in [2.75, 3.05) is 13.1 Å². The molecule has 0 N–H and O–H groups in total. The Morgan fingerprint density at radius 2 is 1.90 bits per heavy atom. The van der Waals surface area contributed by atoms with Gasteiger partial charge in [-0.15, -0.1) is 0 Å². The number of likely N-dealkylation sites (tertiary alicyclic amines) is 1. The minimum Gasteiger partial charge on any atom is -0.460 e. The minimum atomic E-state index is 0.186. The van der Waals surface area contributed by atoms with E-state index in [-0.39, 0.29) is 6.10 Å². The quantitative estimate of drug-likeness (QED) is 0.761. The standard InChI is InChI=1S/C14H15Br2N3O2/c15-10-7-17-14(18-8-10)21-11-3-5-19(6-4-11)9-12-1-2-13(16)20-12/h1-2,7-8,11H,3-6,9H2. The zero-order valence-corrected chi connectivity index (χ0v) is 14.5. The molecule has 112 valence electrons. The van der Waals surface area contributed by atoms with Crippen molar-refractivity contribution in [3.8, 4) is 6.01 Å². The molecule has 0 atom stereocenters. The molecule has 1 saturated heterocycles. The highest BCUT2D eigenvalue weighted by molar-refractivity contribution is 9.10. The van der Waals surface area contributed by atoms with Crippen LogP contribution in [0, 0.1) is 0 Å². The fourth-order valence-electron chi connectivity index (χ4n) is 2.35. The molecule has 0 amide bonds. The minimum absolute atomic E-state index is 0.186. The summed E-state index contributed by atoms with van der Waals surface area (Å²) < 4.78 is 13.0. The fourth-order valence-corrected chi connectivity index (χ4v) is 2.90. The van der Waals surface area contributed by atoms with E-state index in [0.29, 0.717) is 6.01 Å². The first kappa shape index (κ1) is 15.0. The van der Waals surface area contributed by atoms with Crippen molar-refractivity contribution in [2.24, 2.45) is 0 Å². The average Bonchev–Trinajstić information content (AvgIpc) is 2.89. The number of halogens is 2. The average molecular weight is 417 g/mol. The van der Waals surface area contributed by atoms with Gasteiger partial charge in [0.1, 0.15) is 11.9 Å². The van der Waals surface area contributed by atoms with Gasteiger partial charge in [-0.2, -0.15) is 0 Å². The van der Waals surface area contributed by atoms with Crippen LogP contribution in [-0.4, -0.2) is 34.1 Å². The molecule has 3 rings (SSSR count). The molecule has 0 radical (unpaired) electrons. The van der Waals surface area contributed by atoms with E-state index in [4.69, 9.17) is 9.15 Å². The normalized spacial score (nSPS) is 17.0. The molecule has 7 heteroatoms. The SMILES string of the molecule is Brc1cnc(OC2CCN(Cc3ccc(Br)o3)CC2)nc1. The summed E-state index contributed by atoms with van der Waals surface area (Å²) in [6.45, 7) is 2.81. The van der Waals surface area contributed by atoms with Crippen LogP contribution in [0.4, 0.5) is 0 Å². The zero-order valence-electron chi connectivity index (χ0n) is 11.3. The predicted molar refractivity (Wildman–Crippen MR) is 85.1 cm³/mol. The lowest BCUT2D eigenvalue weighted by Gasteiger charge is -2.30. The fraction of sp³-hybridized carbons (Fsp3) is 0.429. The Morgan fingerprint density at radius 1 is 1.19 bits per heavy atom. The van der Waals surface area contributed by atoms with Crippen LogP contribution in [-0.2, 0) is 6.54 Å². The Balaban J connectivity index is 1.47. The van der Waals surface area contributed by atoms with E-state index < -0.39 is 0 Å². The van der Waals surface area contributed by atoms with Gasteiger partial charge in [0.15, 0.2) is 4.67 Å². The number of rotatable bonds is 4. The molecule has 1 aliphatic heterocycles. The second kappa shape index (κ2) is 6.89. The van der Waals surface area contributed by atoms with Crippen LogP contribution in [0.15, 0.2) is 38.1 Å². The molecule has 2 aromatic rings. The zero-order chi connectivity index (χ0) is 14.7. The molecule has 0 spiro atoms. The van der Waals surface area contributed by atoms with E-state index in [0.717, 1.165) is 47.4 Å². The third-order valence-electron chi connectivity index (χ3n) is 3.41. The van der Waals surface area contributed by atoms with Crippen LogP contribution in [0.5, 0.6) is 6.01 Å². The first-order chi connectivity index (χ1) is 10.2. The van der Waals surface area contributed by atoms with Crippen LogP contribution in [0.25, 0.3) is 0 Å². The van der Waals surface area contributed by atoms with Gasteiger partial charge < -0.3 is 9.15 Å². The van der Waals surface area contributed by atoms with Gasteiger partial charge in [0.25, 0.3) is 0 Å². The van der Waals surface area contributed by atoms with Crippen LogP contribution in [0.1, 0.15) is 18.6 Å². The van der Waals surface area contributed by atoms with Gasteiger partial charge in [0.2, 0.25) is 0 Å². The summed E-state index contributed by atoms with van der Waals surface area (Å²) in [4.78, 5) is 10.7. The number of hydrogen-bond donors (Lipinski definition) is 0. The lowest BCUT2D eigenvalue weighted by Crippen LogP contribution is -2.37. The van der Waals surface area contributed by atoms with Crippen LogP contribution in [0.2, 0.25) is 0 Å². The van der Waals surface area contributed by atoms with Gasteiger partial charge in [0.05, 0.1) is 11.0 Å². The third-order valence-corrected chi connectivity index (χ3v) is 4.25. The Hall–Kier alpha value is -0.920. The molecule has 5 nitrogen and oxygen atoms in total. The molecule has 1 aliphatic rings. The van der Waals surface area contributed by atoms with Crippen molar-refractivity contribution in [3.05, 3.63) is 39.4 Å². The number of hydrogen-bond acceptors (Lipinski definition) is 5. The Bertz CT molecular complexity index is 580. The molecule has 3 heterocycles. The van der Waals surface area contributed by atoms with Crippen molar-refractivity contribution < 1.29 is 9.15 Å². The van der Waals surface area contributed by atoms with Crippen LogP contribution >= 0.6 is 31.9 Å². The van der Waals surface area contributed by atoms with Gasteiger partial charge in [-0.05, 0) is 56.8 Å². The van der Waals surface area contributed by atoms with Crippen molar-refractivity contribution >= 4 is 31.9 Å². The van der Waals surface area contributed by atoms with E-state index >= 15 is 0 Å². The Morgan fingerprint density at radius 3 is 2.52 bits per heavy atom. The number of nitrogens with zero attached hydrogens (tertiary/aromatic N) is 3. The van der Waals surface area contributed by atoms with Crippen molar-refractivity contribution in [2.45, 2.75) is 25.5 Å². The number of furan rings is 1. The van der Waals surface area contributed by atoms with Gasteiger partial charge >= 0.3 is 6.01 Å². The molecule has 2 aromatic heterocycles. The molecule has 1 fully saturated rings. The highest BCUT2D eigenvalue weighted by Gasteiger charge is 2.22. The van der Waals surface area contributed by atoms with Crippen LogP contribution < -0.4 is 4.74 Å². The number of piperidine rings is 1. The summed E-state index contributed by atoms with van der Waals surface area (Å²) in [5.74, 6) is 0.984. The van der Waals surface area contributed by atoms with E-state index in [1.165, 1.54) is 0 Å². The maximum atomic E-state index is 5.81. The number of ether oxygens (including phenoxy) is 1. The van der Waals surface area contributed by atoms with E-state index in [1.807, 2.05) is 12.1 Å². The second-order valence-corrected chi connectivity index (χ2v) is 6.68. The Labute approximate surface area is 140 Å². The van der Waals surface area contributed by atoms with Crippen LogP contribution in [0.3, 0.4) is 0 Å². The summed E-state index contributed by atoms with van der Waals surface area (Å²) in [6, 6.07) is 4.38. The molecule has 0 unspecified atom stereocenters. The summed E-state index contributed by atoms with van der Waals surface area (Å²) in [6.07, 6.45) is 5.53. The smallest absolute Gasteiger partial charge is 0.316 e. The highest BCUT2D eigenvalue weighted by atomic mass is 79.9. The highest BCUT2D eigenvalue weighted by Crippen LogP contribution is 2.20. The first-order valence-corrected chi connectivity index (χ1v) is 8.38. The first-order valence-electron chi connectivity index (χ1n) is 6.80. The second-order valence-electron chi connectivity index (χ2n) is 4.98. The molecule has 0 saturated carbocycles. The molecular formula is C14H15Br2N3O2. The van der Waals surface area contributed by atoms with E-state index in [2.05, 4.69) is 46.7 Å². The van der Waals surface area contributed by atoms with E-state index in [1.54, 1.807) is 12.4 Å². The lowest BCUT2D eigenvalue weighted by molar-refractivity contribution is 0.0855. The molecule has 0 bridgehead atoms. The summed E-state index contributed by atoms with van der Waals surface area (Å²) in [5, 5.41) is 0. The molecular weight excluding hydrogens is 402 g/mol. The summed E-state index contributed by atoms with van der Waals surface area (Å²) >= 11 is 6.64.